The maximum absolute atomic E-state index is 14.1. The van der Waals surface area contributed by atoms with Crippen LogP contribution in [-0.2, 0) is 0 Å². The molecule has 1 aliphatic heterocycles. The molecule has 0 saturated carbocycles. The normalized spacial score (nSPS) is 16.8. The zero-order valence-electron chi connectivity index (χ0n) is 13.3. The molecule has 1 unspecified atom stereocenters. The van der Waals surface area contributed by atoms with E-state index in [0.717, 1.165) is 11.3 Å². The minimum atomic E-state index is -0.561. The number of nitrogens with zero attached hydrogens (tertiary/aromatic N) is 2. The fourth-order valence-corrected chi connectivity index (χ4v) is 2.96. The molecule has 0 fully saturated rings. The Morgan fingerprint density at radius 2 is 1.80 bits per heavy atom. The first kappa shape index (κ1) is 15.3. The number of carbonyl (C=O) groups excluding carboxylic acids is 1. The summed E-state index contributed by atoms with van der Waals surface area (Å²) < 4.78 is 19.6. The number of hydrogen-bond acceptors (Lipinski definition) is 3. The van der Waals surface area contributed by atoms with Crippen molar-refractivity contribution in [1.82, 2.24) is 5.01 Å². The molecule has 0 saturated heterocycles. The molecule has 1 aromatic heterocycles. The zero-order chi connectivity index (χ0) is 17.2. The Morgan fingerprint density at radius 3 is 2.52 bits per heavy atom. The number of furan rings is 1. The topological polar surface area (TPSA) is 45.8 Å². The van der Waals surface area contributed by atoms with Gasteiger partial charge in [-0.25, -0.2) is 9.40 Å². The van der Waals surface area contributed by atoms with Crippen LogP contribution in [0.5, 0.6) is 0 Å². The largest absolute Gasteiger partial charge is 0.467 e. The second-order valence-corrected chi connectivity index (χ2v) is 5.78. The summed E-state index contributed by atoms with van der Waals surface area (Å²) in [7, 11) is 0. The van der Waals surface area contributed by atoms with Gasteiger partial charge in [-0.3, -0.25) is 4.79 Å². The molecule has 1 aliphatic rings. The molecule has 4 nitrogen and oxygen atoms in total. The zero-order valence-corrected chi connectivity index (χ0v) is 13.3. The van der Waals surface area contributed by atoms with Gasteiger partial charge in [0.15, 0.2) is 0 Å². The summed E-state index contributed by atoms with van der Waals surface area (Å²) in [5.41, 5.74) is 1.70. The molecule has 0 spiro atoms. The summed E-state index contributed by atoms with van der Waals surface area (Å²) in [4.78, 5) is 12.9. The average molecular weight is 334 g/mol. The third kappa shape index (κ3) is 2.85. The maximum Gasteiger partial charge on any atom is 0.277 e. The van der Waals surface area contributed by atoms with E-state index in [0.29, 0.717) is 12.2 Å². The summed E-state index contributed by atoms with van der Waals surface area (Å²) in [5, 5.41) is 5.81. The molecule has 5 heteroatoms. The van der Waals surface area contributed by atoms with E-state index in [2.05, 4.69) is 5.10 Å². The number of halogens is 1. The van der Waals surface area contributed by atoms with Gasteiger partial charge in [0.1, 0.15) is 17.6 Å². The average Bonchev–Trinajstić information content (AvgIpc) is 3.32. The van der Waals surface area contributed by atoms with Gasteiger partial charge in [-0.05, 0) is 29.8 Å². The summed E-state index contributed by atoms with van der Waals surface area (Å²) in [6.45, 7) is 0. The fourth-order valence-electron chi connectivity index (χ4n) is 2.96. The van der Waals surface area contributed by atoms with Gasteiger partial charge in [-0.2, -0.15) is 5.10 Å². The molecule has 25 heavy (non-hydrogen) atoms. The number of hydrazone groups is 1. The Bertz CT molecular complexity index is 920. The molecule has 2 aromatic carbocycles. The Morgan fingerprint density at radius 1 is 1.04 bits per heavy atom. The van der Waals surface area contributed by atoms with Crippen molar-refractivity contribution in [2.75, 3.05) is 0 Å². The van der Waals surface area contributed by atoms with Crippen molar-refractivity contribution in [3.63, 3.8) is 0 Å². The van der Waals surface area contributed by atoms with E-state index in [1.165, 1.54) is 17.1 Å². The van der Waals surface area contributed by atoms with Crippen LogP contribution in [0, 0.1) is 5.82 Å². The molecular weight excluding hydrogens is 319 g/mol. The summed E-state index contributed by atoms with van der Waals surface area (Å²) in [5.74, 6) is -0.418. The summed E-state index contributed by atoms with van der Waals surface area (Å²) in [6.07, 6.45) is 2.07. The van der Waals surface area contributed by atoms with E-state index in [-0.39, 0.29) is 5.56 Å². The molecule has 0 N–H and O–H groups in total. The molecule has 1 amide bonds. The molecule has 4 rings (SSSR count). The van der Waals surface area contributed by atoms with Gasteiger partial charge in [-0.1, -0.05) is 42.5 Å². The smallest absolute Gasteiger partial charge is 0.277 e. The number of hydrogen-bond donors (Lipinski definition) is 0. The van der Waals surface area contributed by atoms with Gasteiger partial charge in [0.05, 0.1) is 17.5 Å². The monoisotopic (exact) mass is 334 g/mol. The number of benzene rings is 2. The first-order chi connectivity index (χ1) is 12.2. The van der Waals surface area contributed by atoms with Crippen LogP contribution in [0.3, 0.4) is 0 Å². The third-order valence-electron chi connectivity index (χ3n) is 4.20. The van der Waals surface area contributed by atoms with Crippen molar-refractivity contribution in [3.8, 4) is 0 Å². The van der Waals surface area contributed by atoms with Gasteiger partial charge >= 0.3 is 0 Å². The number of amides is 1. The van der Waals surface area contributed by atoms with E-state index in [9.17, 15) is 9.18 Å². The molecule has 1 atom stereocenters. The first-order valence-corrected chi connectivity index (χ1v) is 7.98. The van der Waals surface area contributed by atoms with Crippen LogP contribution >= 0.6 is 0 Å². The molecular formula is C20H15FN2O2. The predicted octanol–water partition coefficient (Wildman–Crippen LogP) is 4.41. The fraction of sp³-hybridized carbons (Fsp3) is 0.100. The predicted molar refractivity (Wildman–Crippen MR) is 91.6 cm³/mol. The summed E-state index contributed by atoms with van der Waals surface area (Å²) >= 11 is 0. The van der Waals surface area contributed by atoms with E-state index >= 15 is 0 Å². The molecule has 2 heterocycles. The van der Waals surface area contributed by atoms with Crippen molar-refractivity contribution in [2.24, 2.45) is 5.10 Å². The van der Waals surface area contributed by atoms with Crippen LogP contribution in [0.2, 0.25) is 0 Å². The third-order valence-corrected chi connectivity index (χ3v) is 4.20. The lowest BCUT2D eigenvalue weighted by Gasteiger charge is -2.20. The van der Waals surface area contributed by atoms with Crippen molar-refractivity contribution < 1.29 is 13.6 Å². The van der Waals surface area contributed by atoms with Crippen LogP contribution < -0.4 is 0 Å². The minimum absolute atomic E-state index is 0.00267. The lowest BCUT2D eigenvalue weighted by molar-refractivity contribution is 0.0688. The highest BCUT2D eigenvalue weighted by Gasteiger charge is 2.36. The molecule has 0 aliphatic carbocycles. The second-order valence-electron chi connectivity index (χ2n) is 5.78. The van der Waals surface area contributed by atoms with Gasteiger partial charge in [0.2, 0.25) is 0 Å². The van der Waals surface area contributed by atoms with E-state index in [1.54, 1.807) is 30.5 Å². The highest BCUT2D eigenvalue weighted by molar-refractivity contribution is 6.05. The summed E-state index contributed by atoms with van der Waals surface area (Å²) in [6, 6.07) is 18.7. The van der Waals surface area contributed by atoms with E-state index < -0.39 is 17.8 Å². The van der Waals surface area contributed by atoms with Crippen molar-refractivity contribution in [1.29, 1.82) is 0 Å². The van der Waals surface area contributed by atoms with Crippen molar-refractivity contribution in [2.45, 2.75) is 12.5 Å². The Kier molecular flexibility index (Phi) is 3.90. The van der Waals surface area contributed by atoms with Crippen LogP contribution in [-0.4, -0.2) is 16.6 Å². The van der Waals surface area contributed by atoms with Crippen molar-refractivity contribution >= 4 is 11.6 Å². The van der Waals surface area contributed by atoms with E-state index in [1.807, 2.05) is 30.3 Å². The Hall–Kier alpha value is -3.21. The second kappa shape index (κ2) is 6.36. The SMILES string of the molecule is O=C(c1ccccc1F)N1N=C(c2ccccc2)CC1c1ccco1. The highest BCUT2D eigenvalue weighted by atomic mass is 19.1. The molecule has 0 bridgehead atoms. The first-order valence-electron chi connectivity index (χ1n) is 7.98. The van der Waals surface area contributed by atoms with Crippen LogP contribution in [0.25, 0.3) is 0 Å². The maximum atomic E-state index is 14.1. The molecule has 0 radical (unpaired) electrons. The highest BCUT2D eigenvalue weighted by Crippen LogP contribution is 2.34. The Balaban J connectivity index is 1.74. The van der Waals surface area contributed by atoms with E-state index in [4.69, 9.17) is 4.42 Å². The van der Waals surface area contributed by atoms with Gasteiger partial charge < -0.3 is 4.42 Å². The number of rotatable bonds is 3. The van der Waals surface area contributed by atoms with Gasteiger partial charge in [0, 0.05) is 6.42 Å². The van der Waals surface area contributed by atoms with Crippen LogP contribution in [0.4, 0.5) is 4.39 Å². The lowest BCUT2D eigenvalue weighted by Crippen LogP contribution is -2.27. The van der Waals surface area contributed by atoms with Gasteiger partial charge in [0.25, 0.3) is 5.91 Å². The minimum Gasteiger partial charge on any atom is -0.467 e. The van der Waals surface area contributed by atoms with Crippen molar-refractivity contribution in [3.05, 3.63) is 95.7 Å². The lowest BCUT2D eigenvalue weighted by atomic mass is 10.0. The van der Waals surface area contributed by atoms with Crippen LogP contribution in [0.15, 0.2) is 82.5 Å². The standard InChI is InChI=1S/C20H15FN2O2/c21-16-10-5-4-9-15(16)20(24)23-18(19-11-6-12-25-19)13-17(22-23)14-7-2-1-3-8-14/h1-12,18H,13H2. The quantitative estimate of drug-likeness (QED) is 0.712. The van der Waals surface area contributed by atoms with Crippen LogP contribution in [0.1, 0.15) is 34.1 Å². The number of carbonyl (C=O) groups is 1. The molecule has 124 valence electrons. The Labute approximate surface area is 144 Å². The van der Waals surface area contributed by atoms with Gasteiger partial charge in [-0.15, -0.1) is 0 Å². The molecule has 3 aromatic rings.